The van der Waals surface area contributed by atoms with E-state index >= 15 is 0 Å². The molecule has 0 spiro atoms. The molecule has 0 bridgehead atoms. The van der Waals surface area contributed by atoms with Crippen molar-refractivity contribution in [2.24, 2.45) is 11.7 Å². The maximum atomic E-state index is 6.06. The standard InChI is InChI=1S/C12H19N3O2/c1-2-9-8(5-6-16-9)12-14-11(15-17-12)10(13)7-3-4-7/h7-10H,2-6,13H2,1H3. The van der Waals surface area contributed by atoms with Crippen molar-refractivity contribution >= 4 is 0 Å². The minimum Gasteiger partial charge on any atom is -0.377 e. The average Bonchev–Trinajstić information content (AvgIpc) is 2.91. The average molecular weight is 237 g/mol. The predicted molar refractivity (Wildman–Crippen MR) is 61.3 cm³/mol. The molecule has 5 heteroatoms. The first-order chi connectivity index (χ1) is 8.29. The van der Waals surface area contributed by atoms with Crippen molar-refractivity contribution < 1.29 is 9.26 Å². The molecule has 5 nitrogen and oxygen atoms in total. The molecule has 3 atom stereocenters. The van der Waals surface area contributed by atoms with Gasteiger partial charge in [0, 0.05) is 6.61 Å². The first-order valence-electron chi connectivity index (χ1n) is 6.50. The van der Waals surface area contributed by atoms with Crippen LogP contribution in [0, 0.1) is 5.92 Å². The highest BCUT2D eigenvalue weighted by Gasteiger charge is 2.36. The van der Waals surface area contributed by atoms with Gasteiger partial charge in [-0.15, -0.1) is 0 Å². The molecule has 2 fully saturated rings. The highest BCUT2D eigenvalue weighted by molar-refractivity contribution is 5.04. The lowest BCUT2D eigenvalue weighted by molar-refractivity contribution is 0.0953. The van der Waals surface area contributed by atoms with Gasteiger partial charge in [0.05, 0.1) is 18.1 Å². The molecule has 0 aromatic carbocycles. The van der Waals surface area contributed by atoms with Crippen LogP contribution in [-0.4, -0.2) is 22.9 Å². The number of ether oxygens (including phenoxy) is 1. The molecule has 3 rings (SSSR count). The Hall–Kier alpha value is -0.940. The van der Waals surface area contributed by atoms with Crippen LogP contribution in [0.2, 0.25) is 0 Å². The molecule has 0 radical (unpaired) electrons. The van der Waals surface area contributed by atoms with E-state index in [0.717, 1.165) is 19.4 Å². The van der Waals surface area contributed by atoms with Gasteiger partial charge >= 0.3 is 0 Å². The third-order valence-corrected chi connectivity index (χ3v) is 3.81. The summed E-state index contributed by atoms with van der Waals surface area (Å²) in [7, 11) is 0. The van der Waals surface area contributed by atoms with Crippen molar-refractivity contribution in [3.05, 3.63) is 11.7 Å². The van der Waals surface area contributed by atoms with E-state index in [1.54, 1.807) is 0 Å². The van der Waals surface area contributed by atoms with Crippen molar-refractivity contribution in [2.75, 3.05) is 6.61 Å². The van der Waals surface area contributed by atoms with Crippen molar-refractivity contribution in [3.8, 4) is 0 Å². The van der Waals surface area contributed by atoms with Gasteiger partial charge in [-0.3, -0.25) is 0 Å². The molecule has 1 aromatic rings. The van der Waals surface area contributed by atoms with Gasteiger partial charge in [0.15, 0.2) is 5.82 Å². The lowest BCUT2D eigenvalue weighted by Gasteiger charge is -2.11. The smallest absolute Gasteiger partial charge is 0.232 e. The SMILES string of the molecule is CCC1OCCC1c1nc(C(N)C2CC2)no1. The second-order valence-corrected chi connectivity index (χ2v) is 5.07. The minimum atomic E-state index is -0.0464. The molecule has 1 aliphatic heterocycles. The number of aromatic nitrogens is 2. The Labute approximate surface area is 101 Å². The zero-order valence-electron chi connectivity index (χ0n) is 10.1. The highest BCUT2D eigenvalue weighted by Crippen LogP contribution is 2.39. The number of hydrogen-bond acceptors (Lipinski definition) is 5. The van der Waals surface area contributed by atoms with Crippen LogP contribution >= 0.6 is 0 Å². The summed E-state index contributed by atoms with van der Waals surface area (Å²) in [6, 6.07) is -0.0464. The number of rotatable bonds is 4. The Morgan fingerprint density at radius 1 is 1.41 bits per heavy atom. The summed E-state index contributed by atoms with van der Waals surface area (Å²) in [5.74, 6) is 2.19. The van der Waals surface area contributed by atoms with Gasteiger partial charge in [-0.1, -0.05) is 12.1 Å². The molecular weight excluding hydrogens is 218 g/mol. The first kappa shape index (κ1) is 11.2. The summed E-state index contributed by atoms with van der Waals surface area (Å²) in [4.78, 5) is 4.47. The summed E-state index contributed by atoms with van der Waals surface area (Å²) in [6.07, 6.45) is 4.56. The maximum absolute atomic E-state index is 6.06. The van der Waals surface area contributed by atoms with Gasteiger partial charge in [0.25, 0.3) is 0 Å². The summed E-state index contributed by atoms with van der Waals surface area (Å²) < 4.78 is 11.0. The van der Waals surface area contributed by atoms with Crippen LogP contribution in [0.25, 0.3) is 0 Å². The molecule has 2 heterocycles. The van der Waals surface area contributed by atoms with Gasteiger partial charge in [-0.2, -0.15) is 4.98 Å². The van der Waals surface area contributed by atoms with E-state index in [-0.39, 0.29) is 18.1 Å². The number of nitrogens with two attached hydrogens (primary N) is 1. The van der Waals surface area contributed by atoms with Crippen LogP contribution in [0.3, 0.4) is 0 Å². The maximum Gasteiger partial charge on any atom is 0.232 e. The summed E-state index contributed by atoms with van der Waals surface area (Å²) in [6.45, 7) is 2.91. The summed E-state index contributed by atoms with van der Waals surface area (Å²) >= 11 is 0. The Balaban J connectivity index is 1.75. The molecule has 17 heavy (non-hydrogen) atoms. The Morgan fingerprint density at radius 3 is 2.94 bits per heavy atom. The van der Waals surface area contributed by atoms with Crippen LogP contribution in [0.4, 0.5) is 0 Å². The Bertz CT molecular complexity index is 389. The summed E-state index contributed by atoms with van der Waals surface area (Å²) in [5, 5.41) is 4.02. The second-order valence-electron chi connectivity index (χ2n) is 5.07. The van der Waals surface area contributed by atoms with E-state index in [1.807, 2.05) is 0 Å². The fourth-order valence-electron chi connectivity index (χ4n) is 2.53. The van der Waals surface area contributed by atoms with Gasteiger partial charge in [-0.05, 0) is 31.6 Å². The molecule has 1 saturated heterocycles. The zero-order chi connectivity index (χ0) is 11.8. The summed E-state index contributed by atoms with van der Waals surface area (Å²) in [5.41, 5.74) is 6.06. The van der Waals surface area contributed by atoms with Crippen molar-refractivity contribution in [2.45, 2.75) is 50.7 Å². The van der Waals surface area contributed by atoms with Crippen LogP contribution in [0.15, 0.2) is 4.52 Å². The minimum absolute atomic E-state index is 0.0464. The van der Waals surface area contributed by atoms with Crippen LogP contribution < -0.4 is 5.73 Å². The number of nitrogens with zero attached hydrogens (tertiary/aromatic N) is 2. The normalized spacial score (nSPS) is 30.7. The van der Waals surface area contributed by atoms with Gasteiger partial charge in [0.2, 0.25) is 5.89 Å². The zero-order valence-corrected chi connectivity index (χ0v) is 10.1. The lowest BCUT2D eigenvalue weighted by Crippen LogP contribution is -2.15. The van der Waals surface area contributed by atoms with Gasteiger partial charge in [-0.25, -0.2) is 0 Å². The van der Waals surface area contributed by atoms with E-state index in [1.165, 1.54) is 12.8 Å². The molecule has 1 aliphatic carbocycles. The van der Waals surface area contributed by atoms with E-state index in [9.17, 15) is 0 Å². The molecule has 2 N–H and O–H groups in total. The monoisotopic (exact) mass is 237 g/mol. The largest absolute Gasteiger partial charge is 0.377 e. The van der Waals surface area contributed by atoms with Crippen molar-refractivity contribution in [1.29, 1.82) is 0 Å². The van der Waals surface area contributed by atoms with E-state index < -0.39 is 0 Å². The molecular formula is C12H19N3O2. The van der Waals surface area contributed by atoms with E-state index in [0.29, 0.717) is 17.6 Å². The molecule has 1 saturated carbocycles. The third-order valence-electron chi connectivity index (χ3n) is 3.81. The van der Waals surface area contributed by atoms with Gasteiger partial charge < -0.3 is 15.0 Å². The molecule has 94 valence electrons. The van der Waals surface area contributed by atoms with Crippen molar-refractivity contribution in [3.63, 3.8) is 0 Å². The fourth-order valence-corrected chi connectivity index (χ4v) is 2.53. The Kier molecular flexibility index (Phi) is 2.88. The molecule has 3 unspecified atom stereocenters. The van der Waals surface area contributed by atoms with Crippen LogP contribution in [0.5, 0.6) is 0 Å². The topological polar surface area (TPSA) is 74.2 Å². The molecule has 1 aromatic heterocycles. The van der Waals surface area contributed by atoms with E-state index in [4.69, 9.17) is 15.0 Å². The van der Waals surface area contributed by atoms with E-state index in [2.05, 4.69) is 17.1 Å². The fraction of sp³-hybridized carbons (Fsp3) is 0.833. The highest BCUT2D eigenvalue weighted by atomic mass is 16.5. The van der Waals surface area contributed by atoms with Gasteiger partial charge in [0.1, 0.15) is 0 Å². The first-order valence-corrected chi connectivity index (χ1v) is 6.50. The Morgan fingerprint density at radius 2 is 2.24 bits per heavy atom. The number of hydrogen-bond donors (Lipinski definition) is 1. The third kappa shape index (κ3) is 2.09. The quantitative estimate of drug-likeness (QED) is 0.863. The van der Waals surface area contributed by atoms with Crippen molar-refractivity contribution in [1.82, 2.24) is 10.1 Å². The molecule has 2 aliphatic rings. The second kappa shape index (κ2) is 4.38. The van der Waals surface area contributed by atoms with Crippen LogP contribution in [-0.2, 0) is 4.74 Å². The van der Waals surface area contributed by atoms with Crippen LogP contribution in [0.1, 0.15) is 56.3 Å². The lowest BCUT2D eigenvalue weighted by atomic mass is 10.00. The molecule has 0 amide bonds. The predicted octanol–water partition coefficient (Wildman–Crippen LogP) is 1.76.